The molecule has 1 aromatic heterocycles. The van der Waals surface area contributed by atoms with Crippen LogP contribution in [0.25, 0.3) is 0 Å². The van der Waals surface area contributed by atoms with Gasteiger partial charge in [-0.05, 0) is 25.8 Å². The number of aromatic amines is 1. The third kappa shape index (κ3) is 3.90. The molecule has 1 atom stereocenters. The van der Waals surface area contributed by atoms with Crippen LogP contribution in [0, 0.1) is 6.92 Å². The van der Waals surface area contributed by atoms with Crippen molar-refractivity contribution < 1.29 is 28.3 Å². The highest BCUT2D eigenvalue weighted by Crippen LogP contribution is 2.20. The first-order valence-electron chi connectivity index (χ1n) is 6.73. The smallest absolute Gasteiger partial charge is 0.326 e. The fourth-order valence-corrected chi connectivity index (χ4v) is 2.33. The molecule has 0 spiro atoms. The van der Waals surface area contributed by atoms with E-state index in [0.29, 0.717) is 23.2 Å². The zero-order valence-electron chi connectivity index (χ0n) is 12.5. The van der Waals surface area contributed by atoms with Gasteiger partial charge in [0, 0.05) is 17.7 Å². The number of hydrogen-bond acceptors (Lipinski definition) is 3. The van der Waals surface area contributed by atoms with Crippen LogP contribution in [0.3, 0.4) is 0 Å². The Balaban J connectivity index is 3.10. The van der Waals surface area contributed by atoms with Gasteiger partial charge in [-0.15, -0.1) is 0 Å². The first kappa shape index (κ1) is 17.8. The Morgan fingerprint density at radius 3 is 2.32 bits per heavy atom. The normalized spacial score (nSPS) is 12.3. The lowest BCUT2D eigenvalue weighted by Crippen LogP contribution is -2.42. The van der Waals surface area contributed by atoms with Crippen molar-refractivity contribution in [3.8, 4) is 0 Å². The van der Waals surface area contributed by atoms with Crippen LogP contribution in [-0.2, 0) is 11.2 Å². The highest BCUT2D eigenvalue weighted by molar-refractivity contribution is 6.03. The van der Waals surface area contributed by atoms with Crippen molar-refractivity contribution in [3.05, 3.63) is 22.5 Å². The number of rotatable bonds is 7. The van der Waals surface area contributed by atoms with Crippen LogP contribution in [-0.4, -0.2) is 40.2 Å². The number of amides is 1. The Bertz CT molecular complexity index is 596. The van der Waals surface area contributed by atoms with E-state index >= 15 is 0 Å². The zero-order valence-corrected chi connectivity index (χ0v) is 12.5. The minimum absolute atomic E-state index is 0.0331. The van der Waals surface area contributed by atoms with Gasteiger partial charge in [-0.2, -0.15) is 0 Å². The lowest BCUT2D eigenvalue weighted by molar-refractivity contribution is -0.140. The number of nitrogens with one attached hydrogen (secondary N) is 2. The molecule has 0 saturated heterocycles. The third-order valence-electron chi connectivity index (χ3n) is 3.24. The Morgan fingerprint density at radius 2 is 1.91 bits per heavy atom. The lowest BCUT2D eigenvalue weighted by Gasteiger charge is -2.14. The second-order valence-electron chi connectivity index (χ2n) is 4.88. The number of aryl methyl sites for hydroxylation is 1. The SMILES string of the molecule is CCc1c(C(=O)NC(CC(F)F)C(=O)O)[nH]c(C)c1C(C)=O. The summed E-state index contributed by atoms with van der Waals surface area (Å²) < 4.78 is 24.7. The van der Waals surface area contributed by atoms with Crippen molar-refractivity contribution in [1.82, 2.24) is 10.3 Å². The second-order valence-corrected chi connectivity index (χ2v) is 4.88. The van der Waals surface area contributed by atoms with E-state index in [0.717, 1.165) is 0 Å². The number of aliphatic carboxylic acids is 1. The van der Waals surface area contributed by atoms with Crippen LogP contribution < -0.4 is 5.32 Å². The second kappa shape index (κ2) is 7.15. The molecule has 0 aliphatic carbocycles. The van der Waals surface area contributed by atoms with Gasteiger partial charge in [0.1, 0.15) is 11.7 Å². The summed E-state index contributed by atoms with van der Waals surface area (Å²) in [5.74, 6) is -2.59. The van der Waals surface area contributed by atoms with Gasteiger partial charge in [-0.25, -0.2) is 13.6 Å². The lowest BCUT2D eigenvalue weighted by atomic mass is 10.0. The molecule has 0 radical (unpaired) electrons. The molecule has 22 heavy (non-hydrogen) atoms. The van der Waals surface area contributed by atoms with E-state index in [4.69, 9.17) is 5.11 Å². The Hall–Kier alpha value is -2.25. The molecular formula is C14H18F2N2O4. The number of carboxylic acids is 1. The molecule has 0 bridgehead atoms. The molecule has 8 heteroatoms. The molecule has 122 valence electrons. The third-order valence-corrected chi connectivity index (χ3v) is 3.24. The molecule has 6 nitrogen and oxygen atoms in total. The molecule has 1 amide bonds. The molecule has 0 aromatic carbocycles. The van der Waals surface area contributed by atoms with Crippen LogP contribution in [0.1, 0.15) is 52.4 Å². The van der Waals surface area contributed by atoms with Crippen molar-refractivity contribution in [3.63, 3.8) is 0 Å². The molecular weight excluding hydrogens is 298 g/mol. The van der Waals surface area contributed by atoms with E-state index in [1.807, 2.05) is 0 Å². The molecule has 1 heterocycles. The summed E-state index contributed by atoms with van der Waals surface area (Å²) in [5.41, 5.74) is 1.33. The van der Waals surface area contributed by atoms with Gasteiger partial charge in [-0.1, -0.05) is 6.92 Å². The van der Waals surface area contributed by atoms with Gasteiger partial charge in [0.05, 0.1) is 0 Å². The van der Waals surface area contributed by atoms with Crippen LogP contribution in [0.15, 0.2) is 0 Å². The molecule has 0 aliphatic rings. The van der Waals surface area contributed by atoms with E-state index in [2.05, 4.69) is 10.3 Å². The Labute approximate surface area is 125 Å². The van der Waals surface area contributed by atoms with Crippen LogP contribution in [0.2, 0.25) is 0 Å². The van der Waals surface area contributed by atoms with Crippen LogP contribution in [0.5, 0.6) is 0 Å². The van der Waals surface area contributed by atoms with Crippen LogP contribution in [0.4, 0.5) is 8.78 Å². The van der Waals surface area contributed by atoms with Crippen molar-refractivity contribution >= 4 is 17.7 Å². The number of ketones is 1. The number of H-pyrrole nitrogens is 1. The van der Waals surface area contributed by atoms with Crippen molar-refractivity contribution in [2.24, 2.45) is 0 Å². The number of halogens is 2. The van der Waals surface area contributed by atoms with Gasteiger partial charge in [0.25, 0.3) is 5.91 Å². The van der Waals surface area contributed by atoms with Gasteiger partial charge < -0.3 is 15.4 Å². The van der Waals surface area contributed by atoms with E-state index in [1.165, 1.54) is 6.92 Å². The van der Waals surface area contributed by atoms with Gasteiger partial charge in [0.2, 0.25) is 6.43 Å². The average Bonchev–Trinajstić information content (AvgIpc) is 2.74. The highest BCUT2D eigenvalue weighted by Gasteiger charge is 2.27. The standard InChI is InChI=1S/C14H18F2N2O4/c1-4-8-11(7(3)19)6(2)17-12(8)13(20)18-9(14(21)22)5-10(15)16/h9-10,17H,4-5H2,1-3H3,(H,18,20)(H,21,22). The largest absolute Gasteiger partial charge is 0.480 e. The molecule has 0 saturated carbocycles. The summed E-state index contributed by atoms with van der Waals surface area (Å²) in [5, 5.41) is 10.9. The van der Waals surface area contributed by atoms with E-state index in [9.17, 15) is 23.2 Å². The minimum atomic E-state index is -2.86. The van der Waals surface area contributed by atoms with Crippen molar-refractivity contribution in [2.45, 2.75) is 46.1 Å². The predicted octanol–water partition coefficient (Wildman–Crippen LogP) is 1.93. The quantitative estimate of drug-likeness (QED) is 0.669. The molecule has 1 unspecified atom stereocenters. The van der Waals surface area contributed by atoms with Crippen LogP contribution >= 0.6 is 0 Å². The highest BCUT2D eigenvalue weighted by atomic mass is 19.3. The summed E-state index contributed by atoms with van der Waals surface area (Å²) >= 11 is 0. The Morgan fingerprint density at radius 1 is 1.32 bits per heavy atom. The summed E-state index contributed by atoms with van der Waals surface area (Å²) in [4.78, 5) is 37.4. The number of alkyl halides is 2. The maximum absolute atomic E-state index is 12.4. The maximum Gasteiger partial charge on any atom is 0.326 e. The van der Waals surface area contributed by atoms with Crippen molar-refractivity contribution in [1.29, 1.82) is 0 Å². The zero-order chi connectivity index (χ0) is 17.0. The van der Waals surface area contributed by atoms with E-state index < -0.39 is 30.8 Å². The summed E-state index contributed by atoms with van der Waals surface area (Å²) in [7, 11) is 0. The number of Topliss-reactive ketones (excluding diaryl/α,β-unsaturated/α-hetero) is 1. The molecule has 0 aliphatic heterocycles. The van der Waals surface area contributed by atoms with E-state index in [-0.39, 0.29) is 11.5 Å². The first-order valence-corrected chi connectivity index (χ1v) is 6.73. The monoisotopic (exact) mass is 316 g/mol. The topological polar surface area (TPSA) is 99.3 Å². The summed E-state index contributed by atoms with van der Waals surface area (Å²) in [6.07, 6.45) is -3.47. The minimum Gasteiger partial charge on any atom is -0.480 e. The summed E-state index contributed by atoms with van der Waals surface area (Å²) in [6.45, 7) is 4.70. The number of carbonyl (C=O) groups excluding carboxylic acids is 2. The Kier molecular flexibility index (Phi) is 5.78. The predicted molar refractivity (Wildman–Crippen MR) is 74.4 cm³/mol. The number of carbonyl (C=O) groups is 3. The van der Waals surface area contributed by atoms with Gasteiger partial charge in [-0.3, -0.25) is 9.59 Å². The van der Waals surface area contributed by atoms with Crippen molar-refractivity contribution in [2.75, 3.05) is 0 Å². The number of carboxylic acid groups (broad SMARTS) is 1. The number of aromatic nitrogens is 1. The fourth-order valence-electron chi connectivity index (χ4n) is 2.33. The number of hydrogen-bond donors (Lipinski definition) is 3. The fraction of sp³-hybridized carbons (Fsp3) is 0.500. The van der Waals surface area contributed by atoms with E-state index in [1.54, 1.807) is 13.8 Å². The molecule has 1 rings (SSSR count). The molecule has 0 fully saturated rings. The first-order chi connectivity index (χ1) is 10.2. The van der Waals surface area contributed by atoms with Gasteiger partial charge in [0.15, 0.2) is 5.78 Å². The molecule has 3 N–H and O–H groups in total. The summed E-state index contributed by atoms with van der Waals surface area (Å²) in [6, 6.07) is -1.69. The molecule has 1 aromatic rings. The average molecular weight is 316 g/mol. The van der Waals surface area contributed by atoms with Gasteiger partial charge >= 0.3 is 5.97 Å². The maximum atomic E-state index is 12.4.